The summed E-state index contributed by atoms with van der Waals surface area (Å²) in [5, 5.41) is 9.30. The quantitative estimate of drug-likeness (QED) is 0.849. The van der Waals surface area contributed by atoms with Gasteiger partial charge < -0.3 is 14.8 Å². The van der Waals surface area contributed by atoms with E-state index in [0.717, 1.165) is 0 Å². The molecule has 1 heterocycles. The molecule has 21 heavy (non-hydrogen) atoms. The lowest BCUT2D eigenvalue weighted by atomic mass is 10.2. The van der Waals surface area contributed by atoms with E-state index in [-0.39, 0.29) is 11.7 Å². The molecule has 2 N–H and O–H groups in total. The van der Waals surface area contributed by atoms with Crippen molar-refractivity contribution in [2.45, 2.75) is 20.3 Å². The van der Waals surface area contributed by atoms with Crippen molar-refractivity contribution in [2.24, 2.45) is 0 Å². The number of rotatable bonds is 6. The SMILES string of the molecule is CCOc1cc(NC(=O)c2n[nH]c(CC)n2)ccc1OC. The van der Waals surface area contributed by atoms with Crippen molar-refractivity contribution in [1.29, 1.82) is 0 Å². The zero-order valence-corrected chi connectivity index (χ0v) is 12.3. The number of hydrogen-bond donors (Lipinski definition) is 2. The number of benzene rings is 1. The summed E-state index contributed by atoms with van der Waals surface area (Å²) in [6.07, 6.45) is 0.692. The minimum Gasteiger partial charge on any atom is -0.493 e. The Bertz CT molecular complexity index is 624. The van der Waals surface area contributed by atoms with E-state index in [1.165, 1.54) is 0 Å². The van der Waals surface area contributed by atoms with Gasteiger partial charge in [-0.05, 0) is 19.1 Å². The molecule has 0 spiro atoms. The van der Waals surface area contributed by atoms with Gasteiger partial charge in [-0.15, -0.1) is 5.10 Å². The fourth-order valence-corrected chi connectivity index (χ4v) is 1.76. The molecule has 2 rings (SSSR count). The van der Waals surface area contributed by atoms with E-state index in [1.54, 1.807) is 25.3 Å². The predicted molar refractivity (Wildman–Crippen MR) is 77.9 cm³/mol. The monoisotopic (exact) mass is 290 g/mol. The maximum atomic E-state index is 12.0. The molecule has 112 valence electrons. The third-order valence-corrected chi connectivity index (χ3v) is 2.79. The molecule has 7 nitrogen and oxygen atoms in total. The molecule has 1 amide bonds. The molecule has 0 aliphatic heterocycles. The highest BCUT2D eigenvalue weighted by Crippen LogP contribution is 2.30. The summed E-state index contributed by atoms with van der Waals surface area (Å²) in [5.41, 5.74) is 0.590. The first-order chi connectivity index (χ1) is 10.2. The van der Waals surface area contributed by atoms with Crippen LogP contribution in [0.2, 0.25) is 0 Å². The van der Waals surface area contributed by atoms with Gasteiger partial charge in [0.15, 0.2) is 11.5 Å². The van der Waals surface area contributed by atoms with E-state index in [0.29, 0.717) is 36.0 Å². The highest BCUT2D eigenvalue weighted by atomic mass is 16.5. The lowest BCUT2D eigenvalue weighted by molar-refractivity contribution is 0.101. The third kappa shape index (κ3) is 3.50. The topological polar surface area (TPSA) is 89.1 Å². The van der Waals surface area contributed by atoms with Gasteiger partial charge in [0, 0.05) is 18.2 Å². The largest absolute Gasteiger partial charge is 0.493 e. The minimum atomic E-state index is -0.376. The molecule has 0 fully saturated rings. The number of ether oxygens (including phenoxy) is 2. The number of aromatic nitrogens is 3. The molecule has 0 unspecified atom stereocenters. The maximum absolute atomic E-state index is 12.0. The molecule has 0 atom stereocenters. The minimum absolute atomic E-state index is 0.112. The number of H-pyrrole nitrogens is 1. The van der Waals surface area contributed by atoms with Crippen LogP contribution in [0.25, 0.3) is 0 Å². The number of nitrogens with one attached hydrogen (secondary N) is 2. The number of nitrogens with zero attached hydrogens (tertiary/aromatic N) is 2. The van der Waals surface area contributed by atoms with Gasteiger partial charge in [0.25, 0.3) is 5.91 Å². The number of aromatic amines is 1. The summed E-state index contributed by atoms with van der Waals surface area (Å²) in [4.78, 5) is 16.1. The normalized spacial score (nSPS) is 10.2. The Morgan fingerprint density at radius 3 is 2.76 bits per heavy atom. The van der Waals surface area contributed by atoms with E-state index < -0.39 is 0 Å². The zero-order chi connectivity index (χ0) is 15.2. The number of amides is 1. The van der Waals surface area contributed by atoms with Crippen molar-refractivity contribution < 1.29 is 14.3 Å². The van der Waals surface area contributed by atoms with Crippen LogP contribution in [0.15, 0.2) is 18.2 Å². The van der Waals surface area contributed by atoms with Crippen molar-refractivity contribution in [1.82, 2.24) is 15.2 Å². The molecule has 0 bridgehead atoms. The fraction of sp³-hybridized carbons (Fsp3) is 0.357. The lowest BCUT2D eigenvalue weighted by Crippen LogP contribution is -2.14. The molecule has 7 heteroatoms. The van der Waals surface area contributed by atoms with Crippen LogP contribution in [-0.2, 0) is 6.42 Å². The third-order valence-electron chi connectivity index (χ3n) is 2.79. The van der Waals surface area contributed by atoms with Gasteiger partial charge in [-0.25, -0.2) is 4.98 Å². The molecule has 0 aliphatic rings. The van der Waals surface area contributed by atoms with Gasteiger partial charge in [0.1, 0.15) is 5.82 Å². The van der Waals surface area contributed by atoms with Crippen molar-refractivity contribution in [2.75, 3.05) is 19.0 Å². The van der Waals surface area contributed by atoms with Gasteiger partial charge >= 0.3 is 0 Å². The van der Waals surface area contributed by atoms with Gasteiger partial charge in [-0.2, -0.15) is 0 Å². The van der Waals surface area contributed by atoms with Gasteiger partial charge in [0.05, 0.1) is 13.7 Å². The summed E-state index contributed by atoms with van der Waals surface area (Å²) in [6.45, 7) is 4.32. The van der Waals surface area contributed by atoms with Crippen molar-refractivity contribution >= 4 is 11.6 Å². The standard InChI is InChI=1S/C14H18N4O3/c1-4-12-16-13(18-17-12)14(19)15-9-6-7-10(20-3)11(8-9)21-5-2/h6-8H,4-5H2,1-3H3,(H,15,19)(H,16,17,18). The summed E-state index contributed by atoms with van der Waals surface area (Å²) in [6, 6.07) is 5.16. The molecule has 1 aromatic carbocycles. The van der Waals surface area contributed by atoms with Crippen LogP contribution >= 0.6 is 0 Å². The lowest BCUT2D eigenvalue weighted by Gasteiger charge is -2.11. The van der Waals surface area contributed by atoms with Crippen LogP contribution in [0.5, 0.6) is 11.5 Å². The van der Waals surface area contributed by atoms with Crippen LogP contribution in [-0.4, -0.2) is 34.8 Å². The van der Waals surface area contributed by atoms with E-state index in [4.69, 9.17) is 9.47 Å². The highest BCUT2D eigenvalue weighted by molar-refractivity contribution is 6.01. The Hall–Kier alpha value is -2.57. The smallest absolute Gasteiger partial charge is 0.295 e. The number of hydrogen-bond acceptors (Lipinski definition) is 5. The van der Waals surface area contributed by atoms with Crippen LogP contribution < -0.4 is 14.8 Å². The van der Waals surface area contributed by atoms with E-state index >= 15 is 0 Å². The summed E-state index contributed by atoms with van der Waals surface area (Å²) < 4.78 is 10.7. The summed E-state index contributed by atoms with van der Waals surface area (Å²) in [5.74, 6) is 1.59. The van der Waals surface area contributed by atoms with Crippen LogP contribution in [0, 0.1) is 0 Å². The zero-order valence-electron chi connectivity index (χ0n) is 12.3. The fourth-order valence-electron chi connectivity index (χ4n) is 1.76. The predicted octanol–water partition coefficient (Wildman–Crippen LogP) is 2.03. The van der Waals surface area contributed by atoms with Crippen LogP contribution in [0.1, 0.15) is 30.3 Å². The first kappa shape index (κ1) is 14.8. The molecule has 0 radical (unpaired) electrons. The molecule has 2 aromatic rings. The van der Waals surface area contributed by atoms with Crippen molar-refractivity contribution in [3.8, 4) is 11.5 Å². The second-order valence-corrected chi connectivity index (χ2v) is 4.21. The average Bonchev–Trinajstić information content (AvgIpc) is 2.97. The van der Waals surface area contributed by atoms with Gasteiger partial charge in [-0.1, -0.05) is 6.92 Å². The number of anilines is 1. The average molecular weight is 290 g/mol. The van der Waals surface area contributed by atoms with Crippen LogP contribution in [0.3, 0.4) is 0 Å². The summed E-state index contributed by atoms with van der Waals surface area (Å²) in [7, 11) is 1.57. The van der Waals surface area contributed by atoms with Crippen LogP contribution in [0.4, 0.5) is 5.69 Å². The maximum Gasteiger partial charge on any atom is 0.295 e. The second kappa shape index (κ2) is 6.74. The Morgan fingerprint density at radius 1 is 1.33 bits per heavy atom. The number of methoxy groups -OCH3 is 1. The Kier molecular flexibility index (Phi) is 4.76. The van der Waals surface area contributed by atoms with Gasteiger partial charge in [-0.3, -0.25) is 9.89 Å². The highest BCUT2D eigenvalue weighted by Gasteiger charge is 2.13. The number of carbonyl (C=O) groups is 1. The molecular weight excluding hydrogens is 272 g/mol. The number of carbonyl (C=O) groups excluding carboxylic acids is 1. The molecule has 1 aromatic heterocycles. The molecular formula is C14H18N4O3. The summed E-state index contributed by atoms with van der Waals surface area (Å²) >= 11 is 0. The Balaban J connectivity index is 2.15. The molecule has 0 saturated carbocycles. The molecule has 0 saturated heterocycles. The van der Waals surface area contributed by atoms with E-state index in [2.05, 4.69) is 20.5 Å². The number of aryl methyl sites for hydroxylation is 1. The first-order valence-corrected chi connectivity index (χ1v) is 6.71. The Labute approximate surface area is 122 Å². The van der Waals surface area contributed by atoms with E-state index in [9.17, 15) is 4.79 Å². The first-order valence-electron chi connectivity index (χ1n) is 6.71. The second-order valence-electron chi connectivity index (χ2n) is 4.21. The Morgan fingerprint density at radius 2 is 2.14 bits per heavy atom. The van der Waals surface area contributed by atoms with E-state index in [1.807, 2.05) is 13.8 Å². The van der Waals surface area contributed by atoms with Crippen molar-refractivity contribution in [3.05, 3.63) is 29.8 Å². The molecule has 0 aliphatic carbocycles. The van der Waals surface area contributed by atoms with Crippen molar-refractivity contribution in [3.63, 3.8) is 0 Å². The van der Waals surface area contributed by atoms with Gasteiger partial charge in [0.2, 0.25) is 5.82 Å².